The van der Waals surface area contributed by atoms with Crippen LogP contribution in [0.1, 0.15) is 72.0 Å². The summed E-state index contributed by atoms with van der Waals surface area (Å²) in [7, 11) is 5.63. The van der Waals surface area contributed by atoms with Crippen molar-refractivity contribution < 1.29 is 18.8 Å². The maximum Gasteiger partial charge on any atom is 0.234 e. The molecule has 0 N–H and O–H groups in total. The molecule has 0 aromatic carbocycles. The molecule has 1 aliphatic carbocycles. The van der Waals surface area contributed by atoms with Gasteiger partial charge in [0.05, 0.1) is 101 Å². The summed E-state index contributed by atoms with van der Waals surface area (Å²) in [5, 5.41) is 55.2. The molecule has 622 valence electrons. The third-order valence-electron chi connectivity index (χ3n) is 22.5. The van der Waals surface area contributed by atoms with Gasteiger partial charge in [-0.2, -0.15) is 46.4 Å². The molecule has 0 spiro atoms. The van der Waals surface area contributed by atoms with E-state index in [4.69, 9.17) is 15.0 Å². The summed E-state index contributed by atoms with van der Waals surface area (Å²) < 4.78 is 23.4. The predicted octanol–water partition coefficient (Wildman–Crippen LogP) is 10.4. The molecule has 15 aromatic rings. The summed E-state index contributed by atoms with van der Waals surface area (Å²) >= 11 is 0. The zero-order valence-electron chi connectivity index (χ0n) is 69.2. The highest BCUT2D eigenvalue weighted by Gasteiger charge is 2.44. The number of carbonyl (C=O) groups excluding carboxylic acids is 3. The maximum absolute atomic E-state index is 13.2. The summed E-state index contributed by atoms with van der Waals surface area (Å²) in [6.07, 6.45) is 40.4. The highest BCUT2D eigenvalue weighted by molar-refractivity contribution is 5.91. The molecule has 4 fully saturated rings. The number of hydrogen-bond acceptors (Lipinski definition) is 22. The van der Waals surface area contributed by atoms with Crippen LogP contribution < -0.4 is 14.7 Å². The molecule has 3 aliphatic heterocycles. The van der Waals surface area contributed by atoms with Gasteiger partial charge in [-0.15, -0.1) is 5.92 Å². The van der Waals surface area contributed by atoms with Gasteiger partial charge in [-0.3, -0.25) is 38.4 Å². The van der Waals surface area contributed by atoms with Crippen molar-refractivity contribution in [1.82, 2.24) is 108 Å². The summed E-state index contributed by atoms with van der Waals surface area (Å²) in [5.41, 5.74) is 16.8. The first-order valence-electron chi connectivity index (χ1n) is 41.0. The second kappa shape index (κ2) is 36.8. The van der Waals surface area contributed by atoms with E-state index in [0.29, 0.717) is 119 Å². The number of nitrogens with zero attached hydrogens (tertiary/aromatic N) is 28. The van der Waals surface area contributed by atoms with Crippen molar-refractivity contribution in [3.63, 3.8) is 0 Å². The molecule has 0 radical (unpaired) electrons. The number of aryl methyl sites for hydroxylation is 3. The number of piperazine rings is 3. The van der Waals surface area contributed by atoms with E-state index in [1.54, 1.807) is 89.4 Å². The van der Waals surface area contributed by atoms with Gasteiger partial charge in [0.25, 0.3) is 0 Å². The number of rotatable bonds is 15. The smallest absolute Gasteiger partial charge is 0.234 e. The van der Waals surface area contributed by atoms with Crippen LogP contribution in [0.15, 0.2) is 209 Å². The number of fused-ring (bicyclic) bond motifs is 3. The molecule has 31 nitrogen and oxygen atoms in total. The first-order valence-corrected chi connectivity index (χ1v) is 41.0. The van der Waals surface area contributed by atoms with Crippen LogP contribution in [0, 0.1) is 80.7 Å². The van der Waals surface area contributed by atoms with E-state index >= 15 is 0 Å². The van der Waals surface area contributed by atoms with Gasteiger partial charge in [0, 0.05) is 277 Å². The summed E-state index contributed by atoms with van der Waals surface area (Å²) in [6.45, 7) is 7.92. The molecule has 4 aliphatic rings. The minimum atomic E-state index is -0.371. The molecule has 0 unspecified atom stereocenters. The molecule has 15 aromatic heterocycles. The van der Waals surface area contributed by atoms with Gasteiger partial charge in [-0.05, 0) is 91.7 Å². The largest absolute Gasteiger partial charge is 0.353 e. The number of aromatic nitrogens is 19. The lowest BCUT2D eigenvalue weighted by Gasteiger charge is -2.36. The molecule has 3 saturated heterocycles. The average Bonchev–Trinajstić information content (AvgIpc) is 1.59. The Morgan fingerprint density at radius 2 is 0.841 bits per heavy atom. The Morgan fingerprint density at radius 1 is 0.405 bits per heavy atom. The van der Waals surface area contributed by atoms with Gasteiger partial charge < -0.3 is 29.4 Å². The predicted molar refractivity (Wildman–Crippen MR) is 468 cm³/mol. The number of carbonyl (C=O) groups is 3. The van der Waals surface area contributed by atoms with Crippen LogP contribution in [0.2, 0.25) is 0 Å². The molecule has 3 amide bonds. The first kappa shape index (κ1) is 81.8. The van der Waals surface area contributed by atoms with Crippen molar-refractivity contribution in [2.75, 3.05) is 93.2 Å². The van der Waals surface area contributed by atoms with Crippen molar-refractivity contribution in [3.8, 4) is 120 Å². The van der Waals surface area contributed by atoms with Crippen molar-refractivity contribution in [1.29, 1.82) is 15.8 Å². The van der Waals surface area contributed by atoms with E-state index in [1.807, 2.05) is 158 Å². The monoisotopic (exact) mass is 1670 g/mol. The fourth-order valence-electron chi connectivity index (χ4n) is 15.5. The Balaban J connectivity index is 0.000000133. The summed E-state index contributed by atoms with van der Waals surface area (Å²) in [4.78, 5) is 80.9. The third kappa shape index (κ3) is 18.6. The summed E-state index contributed by atoms with van der Waals surface area (Å²) in [5.74, 6) is 20.9. The molecule has 1 saturated carbocycles. The molecule has 0 atom stereocenters. The number of amides is 3. The number of anilines is 3. The van der Waals surface area contributed by atoms with Gasteiger partial charge in [-0.1, -0.05) is 29.6 Å². The second-order valence-electron chi connectivity index (χ2n) is 30.9. The lowest BCUT2D eigenvalue weighted by Crippen LogP contribution is -2.49. The lowest BCUT2D eigenvalue weighted by molar-refractivity contribution is -0.132. The van der Waals surface area contributed by atoms with Crippen LogP contribution in [0.4, 0.5) is 21.8 Å². The standard InChI is InChI=1S/C33H29N9O.C32H28FN9O.C29H24N10O/c1-39-22-28(21-37-39)26-16-29(32-27(18-34)20-38-42(32)23-26)25-2-3-30(36-19-25)40-12-14-41(15-13-40)31(43)17-33(8-9-33)7-4-24-5-10-35-11-6-24;1-39-21-26(19-37-39)24-15-29(32-25(16-34)18-38-42(32)22-24)23-7-10-30(36-17-23)40-11-13-41(14-12-40)31(43)6-4-2-3-5-28-9-8-27(33)20-35-28;1-36-18-25(17-34-36)23-11-26(29-24(12-30)16-35-39(29)19-23)22-5-6-27(33-15-22)37-7-9-38(10-8-37)28(40)4-2-3-21-13-31-20-32-14-21/h2-3,5-6,10-11,16,19-23H,8-9,12-15,17H2,1H3;7-10,15,17-22H,4-6,11-14H2,1H3;5-6,11,13-20H,4,7-10H2,1H3. The van der Waals surface area contributed by atoms with Gasteiger partial charge in [0.2, 0.25) is 17.7 Å². The number of nitriles is 3. The van der Waals surface area contributed by atoms with E-state index in [0.717, 1.165) is 132 Å². The quantitative estimate of drug-likeness (QED) is 0.0861. The van der Waals surface area contributed by atoms with Crippen molar-refractivity contribution in [3.05, 3.63) is 248 Å². The fourth-order valence-corrected chi connectivity index (χ4v) is 15.5. The molecule has 32 heteroatoms. The molecule has 126 heavy (non-hydrogen) atoms. The molecular formula is C94H81FN28O3. The number of hydrogen-bond donors (Lipinski definition) is 0. The van der Waals surface area contributed by atoms with E-state index in [1.165, 1.54) is 18.6 Å². The van der Waals surface area contributed by atoms with Crippen LogP contribution in [-0.4, -0.2) is 204 Å². The first-order chi connectivity index (χ1) is 61.6. The van der Waals surface area contributed by atoms with Gasteiger partial charge in [0.1, 0.15) is 47.8 Å². The molecular weight excluding hydrogens is 1590 g/mol. The number of pyridine rings is 8. The van der Waals surface area contributed by atoms with Gasteiger partial charge >= 0.3 is 0 Å². The van der Waals surface area contributed by atoms with Crippen molar-refractivity contribution in [2.24, 2.45) is 26.6 Å². The van der Waals surface area contributed by atoms with E-state index in [9.17, 15) is 34.6 Å². The van der Waals surface area contributed by atoms with E-state index in [-0.39, 0.29) is 35.4 Å². The van der Waals surface area contributed by atoms with Crippen LogP contribution in [0.25, 0.3) is 83.3 Å². The van der Waals surface area contributed by atoms with Crippen LogP contribution in [-0.2, 0) is 41.9 Å². The Kier molecular flexibility index (Phi) is 23.9. The highest BCUT2D eigenvalue weighted by Crippen LogP contribution is 2.49. The second-order valence-corrected chi connectivity index (χ2v) is 30.9. The zero-order valence-corrected chi connectivity index (χ0v) is 69.2. The van der Waals surface area contributed by atoms with Crippen molar-refractivity contribution in [2.45, 2.75) is 44.9 Å². The lowest BCUT2D eigenvalue weighted by atomic mass is 10.0. The minimum absolute atomic E-state index is 0.0129. The average molecular weight is 1670 g/mol. The van der Waals surface area contributed by atoms with Crippen LogP contribution in [0.3, 0.4) is 0 Å². The molecule has 18 heterocycles. The van der Waals surface area contributed by atoms with Crippen molar-refractivity contribution >= 4 is 51.7 Å². The normalized spacial score (nSPS) is 13.9. The fraction of sp³-hybridized carbons (Fsp3) is 0.245. The maximum atomic E-state index is 13.2. The molecule has 19 rings (SSSR count). The Morgan fingerprint density at radius 3 is 1.23 bits per heavy atom. The van der Waals surface area contributed by atoms with Crippen LogP contribution >= 0.6 is 0 Å². The zero-order chi connectivity index (χ0) is 86.6. The van der Waals surface area contributed by atoms with Gasteiger partial charge in [-0.25, -0.2) is 42.9 Å². The summed E-state index contributed by atoms with van der Waals surface area (Å²) in [6, 6.07) is 31.7. The third-order valence-corrected chi connectivity index (χ3v) is 22.5. The van der Waals surface area contributed by atoms with E-state index < -0.39 is 0 Å². The highest BCUT2D eigenvalue weighted by atomic mass is 19.1. The minimum Gasteiger partial charge on any atom is -0.353 e. The Labute approximate surface area is 723 Å². The Bertz CT molecular complexity index is 6870. The topological polar surface area (TPSA) is 338 Å². The van der Waals surface area contributed by atoms with Gasteiger partial charge in [0.15, 0.2) is 0 Å². The van der Waals surface area contributed by atoms with E-state index in [2.05, 4.69) is 125 Å². The van der Waals surface area contributed by atoms with Crippen LogP contribution in [0.5, 0.6) is 0 Å². The number of halogens is 1. The SMILES string of the molecule is Cn1cc(-c2cc(-c3ccc(N4CCN(C(=O)CC#Cc5cncnc5)CC4)nc3)c3c(C#N)cnn3c2)cn1.Cn1cc(-c2cc(-c3ccc(N4CCN(C(=O)CC5(C#Cc6ccncc6)CC5)CC4)nc3)c3c(C#N)cnn3c2)cn1.Cn1cc(-c2cc(-c3ccc(N4CCN(C(=O)CCC#CCc5ccc(F)cn5)CC4)nc3)c3c(C#N)cnn3c2)cn1. The Hall–Kier alpha value is -16.6. The molecule has 0 bridgehead atoms.